The summed E-state index contributed by atoms with van der Waals surface area (Å²) in [6, 6.07) is 4.98. The zero-order chi connectivity index (χ0) is 18.5. The molecule has 4 rings (SSSR count). The fourth-order valence-electron chi connectivity index (χ4n) is 3.39. The highest BCUT2D eigenvalue weighted by Crippen LogP contribution is 2.29. The Balaban J connectivity index is 1.56. The van der Waals surface area contributed by atoms with Crippen LogP contribution < -0.4 is 15.9 Å². The zero-order valence-electron chi connectivity index (χ0n) is 13.7. The van der Waals surface area contributed by atoms with E-state index in [0.29, 0.717) is 30.3 Å². The third-order valence-electron chi connectivity index (χ3n) is 4.66. The molecule has 0 saturated carbocycles. The van der Waals surface area contributed by atoms with Crippen molar-refractivity contribution in [2.24, 2.45) is 0 Å². The number of benzene rings is 1. The van der Waals surface area contributed by atoms with Gasteiger partial charge in [-0.1, -0.05) is 6.07 Å². The molecule has 26 heavy (non-hydrogen) atoms. The molecule has 1 saturated heterocycles. The van der Waals surface area contributed by atoms with Crippen molar-refractivity contribution in [1.29, 1.82) is 0 Å². The largest absolute Gasteiger partial charge is 0.366 e. The minimum absolute atomic E-state index is 0.0196. The Kier molecular flexibility index (Phi) is 3.94. The van der Waals surface area contributed by atoms with Crippen LogP contribution >= 0.6 is 0 Å². The average Bonchev–Trinajstić information content (AvgIpc) is 2.93. The van der Waals surface area contributed by atoms with Gasteiger partial charge in [-0.15, -0.1) is 0 Å². The second-order valence-electron chi connectivity index (χ2n) is 6.46. The van der Waals surface area contributed by atoms with Gasteiger partial charge in [0.1, 0.15) is 11.6 Å². The summed E-state index contributed by atoms with van der Waals surface area (Å²) in [6.07, 6.45) is 0. The molecule has 0 radical (unpaired) electrons. The molecule has 10 heteroatoms. The van der Waals surface area contributed by atoms with Gasteiger partial charge in [-0.05, 0) is 17.7 Å². The maximum atomic E-state index is 13.3. The van der Waals surface area contributed by atoms with Gasteiger partial charge >= 0.3 is 5.69 Å². The molecule has 0 aliphatic carbocycles. The van der Waals surface area contributed by atoms with Crippen LogP contribution in [0.1, 0.15) is 5.56 Å². The summed E-state index contributed by atoms with van der Waals surface area (Å²) < 4.78 is 51.3. The number of hydrogen-bond acceptors (Lipinski definition) is 6. The Hall–Kier alpha value is -2.49. The van der Waals surface area contributed by atoms with E-state index in [1.54, 1.807) is 6.07 Å². The van der Waals surface area contributed by atoms with E-state index in [9.17, 15) is 22.0 Å². The lowest BCUT2D eigenvalue weighted by Crippen LogP contribution is -2.46. The molecular formula is C16H16F2N4O3S. The molecule has 1 atom stereocenters. The molecule has 0 amide bonds. The highest BCUT2D eigenvalue weighted by molar-refractivity contribution is 7.91. The molecule has 1 aromatic heterocycles. The van der Waals surface area contributed by atoms with Gasteiger partial charge in [0, 0.05) is 19.2 Å². The Labute approximate surface area is 148 Å². The van der Waals surface area contributed by atoms with E-state index in [-0.39, 0.29) is 24.1 Å². The van der Waals surface area contributed by atoms with Crippen molar-refractivity contribution in [3.63, 3.8) is 0 Å². The summed E-state index contributed by atoms with van der Waals surface area (Å²) in [5.74, 6) is -0.862. The van der Waals surface area contributed by atoms with Crippen molar-refractivity contribution < 1.29 is 17.2 Å². The first-order valence-corrected chi connectivity index (χ1v) is 9.91. The van der Waals surface area contributed by atoms with Crippen molar-refractivity contribution >= 4 is 21.5 Å². The molecule has 2 aromatic rings. The molecule has 0 spiro atoms. The normalized spacial score (nSPS) is 20.5. The molecular weight excluding hydrogens is 366 g/mol. The van der Waals surface area contributed by atoms with Crippen LogP contribution in [0.15, 0.2) is 29.1 Å². The fraction of sp³-hybridized carbons (Fsp3) is 0.375. The summed E-state index contributed by atoms with van der Waals surface area (Å²) in [6.45, 7) is 0.799. The second kappa shape index (κ2) is 6.04. The van der Waals surface area contributed by atoms with Crippen LogP contribution in [0.4, 0.5) is 20.4 Å². The van der Waals surface area contributed by atoms with Crippen molar-refractivity contribution in [3.05, 3.63) is 51.9 Å². The zero-order valence-corrected chi connectivity index (χ0v) is 14.5. The van der Waals surface area contributed by atoms with Crippen LogP contribution in [-0.2, 0) is 22.9 Å². The Morgan fingerprint density at radius 2 is 2.04 bits per heavy atom. The van der Waals surface area contributed by atoms with E-state index >= 15 is 0 Å². The first kappa shape index (κ1) is 17.0. The van der Waals surface area contributed by atoms with Crippen molar-refractivity contribution in [3.8, 4) is 0 Å². The number of halogens is 2. The first-order valence-electron chi connectivity index (χ1n) is 8.09. The highest BCUT2D eigenvalue weighted by atomic mass is 32.2. The van der Waals surface area contributed by atoms with Gasteiger partial charge in [0.2, 0.25) is 0 Å². The standard InChI is InChI=1S/C16H16F2N4O3S/c17-12-2-1-10(5-13(12)18)7-19-14-6-15-21-3-4-26(24,25)9-11(21)8-22(15)16(23)20-14/h1-2,5-6,11H,3-4,7-9H2,(H,19,20,23). The van der Waals surface area contributed by atoms with Crippen LogP contribution in [0.2, 0.25) is 0 Å². The van der Waals surface area contributed by atoms with Crippen LogP contribution in [0.3, 0.4) is 0 Å². The maximum Gasteiger partial charge on any atom is 0.351 e. The number of rotatable bonds is 3. The summed E-state index contributed by atoms with van der Waals surface area (Å²) in [7, 11) is -3.09. The number of anilines is 2. The number of sulfone groups is 1. The third-order valence-corrected chi connectivity index (χ3v) is 6.36. The Bertz CT molecular complexity index is 1040. The van der Waals surface area contributed by atoms with Crippen LogP contribution in [0, 0.1) is 11.6 Å². The van der Waals surface area contributed by atoms with Gasteiger partial charge in [0.25, 0.3) is 0 Å². The molecule has 1 N–H and O–H groups in total. The van der Waals surface area contributed by atoms with E-state index in [1.165, 1.54) is 10.6 Å². The van der Waals surface area contributed by atoms with E-state index in [2.05, 4.69) is 10.3 Å². The van der Waals surface area contributed by atoms with Crippen LogP contribution in [0.25, 0.3) is 0 Å². The number of hydrogen-bond donors (Lipinski definition) is 1. The third kappa shape index (κ3) is 3.05. The quantitative estimate of drug-likeness (QED) is 0.844. The van der Waals surface area contributed by atoms with Crippen LogP contribution in [-0.4, -0.2) is 42.1 Å². The minimum atomic E-state index is -3.09. The van der Waals surface area contributed by atoms with Gasteiger partial charge < -0.3 is 10.2 Å². The lowest BCUT2D eigenvalue weighted by molar-refractivity contribution is 0.507. The summed E-state index contributed by atoms with van der Waals surface area (Å²) in [5.41, 5.74) is 0.0373. The lowest BCUT2D eigenvalue weighted by atomic mass is 10.2. The van der Waals surface area contributed by atoms with Crippen molar-refractivity contribution in [2.45, 2.75) is 19.1 Å². The van der Waals surface area contributed by atoms with Crippen molar-refractivity contribution in [2.75, 3.05) is 28.3 Å². The number of fused-ring (bicyclic) bond motifs is 3. The van der Waals surface area contributed by atoms with E-state index in [0.717, 1.165) is 12.1 Å². The highest BCUT2D eigenvalue weighted by Gasteiger charge is 2.38. The summed E-state index contributed by atoms with van der Waals surface area (Å²) in [5, 5.41) is 2.93. The molecule has 2 aliphatic heterocycles. The monoisotopic (exact) mass is 382 g/mol. The summed E-state index contributed by atoms with van der Waals surface area (Å²) >= 11 is 0. The fourth-order valence-corrected chi connectivity index (χ4v) is 4.90. The average molecular weight is 382 g/mol. The first-order chi connectivity index (χ1) is 12.3. The molecule has 7 nitrogen and oxygen atoms in total. The van der Waals surface area contributed by atoms with Gasteiger partial charge in [0.15, 0.2) is 21.5 Å². The van der Waals surface area contributed by atoms with Gasteiger partial charge in [-0.2, -0.15) is 4.98 Å². The van der Waals surface area contributed by atoms with Gasteiger partial charge in [-0.3, -0.25) is 4.57 Å². The topological polar surface area (TPSA) is 84.3 Å². The molecule has 0 bridgehead atoms. The Morgan fingerprint density at radius 1 is 1.23 bits per heavy atom. The van der Waals surface area contributed by atoms with Gasteiger partial charge in [-0.25, -0.2) is 22.0 Å². The Morgan fingerprint density at radius 3 is 2.81 bits per heavy atom. The SMILES string of the molecule is O=c1nc(NCc2ccc(F)c(F)c2)cc2n1CC1CS(=O)(=O)CCN21. The predicted octanol–water partition coefficient (Wildman–Crippen LogP) is 0.751. The predicted molar refractivity (Wildman–Crippen MR) is 92.0 cm³/mol. The van der Waals surface area contributed by atoms with E-state index in [4.69, 9.17) is 0 Å². The number of aromatic nitrogens is 2. The van der Waals surface area contributed by atoms with Gasteiger partial charge in [0.05, 0.1) is 24.1 Å². The lowest BCUT2D eigenvalue weighted by Gasteiger charge is -2.30. The van der Waals surface area contributed by atoms with Crippen molar-refractivity contribution in [1.82, 2.24) is 9.55 Å². The molecule has 1 unspecified atom stereocenters. The maximum absolute atomic E-state index is 13.3. The van der Waals surface area contributed by atoms with E-state index < -0.39 is 27.2 Å². The molecule has 138 valence electrons. The molecule has 1 fully saturated rings. The minimum Gasteiger partial charge on any atom is -0.366 e. The summed E-state index contributed by atoms with van der Waals surface area (Å²) in [4.78, 5) is 18.1. The number of nitrogens with one attached hydrogen (secondary N) is 1. The molecule has 3 heterocycles. The number of nitrogens with zero attached hydrogens (tertiary/aromatic N) is 3. The second-order valence-corrected chi connectivity index (χ2v) is 8.69. The smallest absolute Gasteiger partial charge is 0.351 e. The van der Waals surface area contributed by atoms with Crippen LogP contribution in [0.5, 0.6) is 0 Å². The molecule has 1 aromatic carbocycles. The van der Waals surface area contributed by atoms with E-state index in [1.807, 2.05) is 4.90 Å². The molecule has 2 aliphatic rings.